The number of nitrogens with zero attached hydrogens (tertiary/aromatic N) is 1. The van der Waals surface area contributed by atoms with E-state index in [1.165, 1.54) is 11.1 Å². The van der Waals surface area contributed by atoms with Crippen molar-refractivity contribution in [2.75, 3.05) is 12.4 Å². The van der Waals surface area contributed by atoms with Crippen molar-refractivity contribution in [1.29, 1.82) is 0 Å². The summed E-state index contributed by atoms with van der Waals surface area (Å²) < 4.78 is 0. The lowest BCUT2D eigenvalue weighted by molar-refractivity contribution is 0.211. The van der Waals surface area contributed by atoms with Gasteiger partial charge in [-0.2, -0.15) is 0 Å². The molecule has 0 aliphatic heterocycles. The Bertz CT molecular complexity index is 386. The molecule has 0 atom stereocenters. The van der Waals surface area contributed by atoms with Crippen LogP contribution in [0.15, 0.2) is 18.2 Å². The van der Waals surface area contributed by atoms with Gasteiger partial charge in [0.25, 0.3) is 0 Å². The van der Waals surface area contributed by atoms with E-state index in [9.17, 15) is 4.79 Å². The van der Waals surface area contributed by atoms with Crippen molar-refractivity contribution in [3.05, 3.63) is 29.3 Å². The zero-order valence-electron chi connectivity index (χ0n) is 10.7. The molecule has 0 spiro atoms. The molecular weight excluding hydrogens is 200 g/mol. The SMILES string of the molecule is Cc1ccc(NC(=O)N(C)C(C)C)cc1C. The van der Waals surface area contributed by atoms with Crippen molar-refractivity contribution in [2.45, 2.75) is 33.7 Å². The molecule has 0 unspecified atom stereocenters. The first-order chi connectivity index (χ1) is 7.41. The van der Waals surface area contributed by atoms with Crippen LogP contribution >= 0.6 is 0 Å². The first-order valence-electron chi connectivity index (χ1n) is 5.53. The molecule has 16 heavy (non-hydrogen) atoms. The number of aryl methyl sites for hydroxylation is 2. The Labute approximate surface area is 97.5 Å². The van der Waals surface area contributed by atoms with E-state index in [0.29, 0.717) is 0 Å². The van der Waals surface area contributed by atoms with Crippen LogP contribution in [0.25, 0.3) is 0 Å². The standard InChI is InChI=1S/C13H20N2O/c1-9(2)15(5)13(16)14-12-7-6-10(3)11(4)8-12/h6-9H,1-5H3,(H,14,16). The van der Waals surface area contributed by atoms with E-state index >= 15 is 0 Å². The normalized spacial score (nSPS) is 10.4. The van der Waals surface area contributed by atoms with Crippen LogP contribution in [-0.4, -0.2) is 24.0 Å². The topological polar surface area (TPSA) is 32.3 Å². The molecule has 0 saturated carbocycles. The average Bonchev–Trinajstić information content (AvgIpc) is 2.22. The summed E-state index contributed by atoms with van der Waals surface area (Å²) in [4.78, 5) is 13.4. The van der Waals surface area contributed by atoms with E-state index in [0.717, 1.165) is 5.69 Å². The Kier molecular flexibility index (Phi) is 3.93. The molecule has 2 amide bonds. The highest BCUT2D eigenvalue weighted by molar-refractivity contribution is 5.89. The number of nitrogens with one attached hydrogen (secondary N) is 1. The first kappa shape index (κ1) is 12.6. The molecule has 0 aromatic heterocycles. The zero-order chi connectivity index (χ0) is 12.3. The highest BCUT2D eigenvalue weighted by Gasteiger charge is 2.11. The second kappa shape index (κ2) is 5.01. The van der Waals surface area contributed by atoms with Gasteiger partial charge >= 0.3 is 6.03 Å². The highest BCUT2D eigenvalue weighted by atomic mass is 16.2. The maximum absolute atomic E-state index is 11.8. The summed E-state index contributed by atoms with van der Waals surface area (Å²) in [5.74, 6) is 0. The number of rotatable bonds is 2. The third kappa shape index (κ3) is 2.99. The molecule has 0 aliphatic carbocycles. The van der Waals surface area contributed by atoms with Crippen LogP contribution in [0.3, 0.4) is 0 Å². The van der Waals surface area contributed by atoms with Crippen LogP contribution < -0.4 is 5.32 Å². The number of hydrogen-bond acceptors (Lipinski definition) is 1. The van der Waals surface area contributed by atoms with Crippen LogP contribution in [0.5, 0.6) is 0 Å². The summed E-state index contributed by atoms with van der Waals surface area (Å²) in [5, 5.41) is 2.88. The molecule has 0 heterocycles. The van der Waals surface area contributed by atoms with Gasteiger partial charge in [-0.05, 0) is 51.0 Å². The maximum Gasteiger partial charge on any atom is 0.321 e. The van der Waals surface area contributed by atoms with Crippen LogP contribution in [0.4, 0.5) is 10.5 Å². The van der Waals surface area contributed by atoms with Crippen molar-refractivity contribution >= 4 is 11.7 Å². The van der Waals surface area contributed by atoms with Crippen LogP contribution in [0.2, 0.25) is 0 Å². The third-order valence-electron chi connectivity index (χ3n) is 2.85. The van der Waals surface area contributed by atoms with Gasteiger partial charge in [-0.1, -0.05) is 6.07 Å². The molecule has 0 fully saturated rings. The molecule has 0 radical (unpaired) electrons. The lowest BCUT2D eigenvalue weighted by Gasteiger charge is -2.22. The summed E-state index contributed by atoms with van der Waals surface area (Å²) >= 11 is 0. The highest BCUT2D eigenvalue weighted by Crippen LogP contribution is 2.14. The van der Waals surface area contributed by atoms with E-state index < -0.39 is 0 Å². The van der Waals surface area contributed by atoms with E-state index in [1.54, 1.807) is 11.9 Å². The Hall–Kier alpha value is -1.51. The first-order valence-corrected chi connectivity index (χ1v) is 5.53. The van der Waals surface area contributed by atoms with Gasteiger partial charge in [-0.25, -0.2) is 4.79 Å². The maximum atomic E-state index is 11.8. The van der Waals surface area contributed by atoms with Gasteiger partial charge < -0.3 is 10.2 Å². The smallest absolute Gasteiger partial charge is 0.321 e. The number of carbonyl (C=O) groups excluding carboxylic acids is 1. The number of benzene rings is 1. The van der Waals surface area contributed by atoms with Gasteiger partial charge in [0.2, 0.25) is 0 Å². The number of urea groups is 1. The number of anilines is 1. The minimum absolute atomic E-state index is 0.0711. The molecule has 1 N–H and O–H groups in total. The van der Waals surface area contributed by atoms with Gasteiger partial charge in [0.1, 0.15) is 0 Å². The van der Waals surface area contributed by atoms with Crippen molar-refractivity contribution in [3.8, 4) is 0 Å². The molecule has 3 heteroatoms. The fraction of sp³-hybridized carbons (Fsp3) is 0.462. The Morgan fingerprint density at radius 2 is 1.88 bits per heavy atom. The molecule has 88 valence electrons. The molecule has 0 bridgehead atoms. The molecule has 1 aromatic carbocycles. The van der Waals surface area contributed by atoms with Crippen LogP contribution in [0.1, 0.15) is 25.0 Å². The molecular formula is C13H20N2O. The predicted molar refractivity (Wildman–Crippen MR) is 67.8 cm³/mol. The van der Waals surface area contributed by atoms with Gasteiger partial charge in [0, 0.05) is 18.8 Å². The van der Waals surface area contributed by atoms with Gasteiger partial charge in [0.15, 0.2) is 0 Å². The summed E-state index contributed by atoms with van der Waals surface area (Å²) in [7, 11) is 1.79. The Balaban J connectivity index is 2.74. The average molecular weight is 220 g/mol. The monoisotopic (exact) mass is 220 g/mol. The van der Waals surface area contributed by atoms with Gasteiger partial charge in [-0.3, -0.25) is 0 Å². The minimum atomic E-state index is -0.0711. The van der Waals surface area contributed by atoms with Crippen LogP contribution in [-0.2, 0) is 0 Å². The summed E-state index contributed by atoms with van der Waals surface area (Å²) in [6.45, 7) is 8.07. The number of carbonyl (C=O) groups is 1. The minimum Gasteiger partial charge on any atom is -0.325 e. The second-order valence-electron chi connectivity index (χ2n) is 4.43. The van der Waals surface area contributed by atoms with Crippen LogP contribution in [0, 0.1) is 13.8 Å². The van der Waals surface area contributed by atoms with Crippen molar-refractivity contribution in [1.82, 2.24) is 4.90 Å². The number of hydrogen-bond donors (Lipinski definition) is 1. The fourth-order valence-electron chi connectivity index (χ4n) is 1.27. The van der Waals surface area contributed by atoms with Gasteiger partial charge in [0.05, 0.1) is 0 Å². The van der Waals surface area contributed by atoms with Crippen molar-refractivity contribution in [2.24, 2.45) is 0 Å². The largest absolute Gasteiger partial charge is 0.325 e. The van der Waals surface area contributed by atoms with E-state index in [2.05, 4.69) is 12.2 Å². The predicted octanol–water partition coefficient (Wildman–Crippen LogP) is 3.18. The summed E-state index contributed by atoms with van der Waals surface area (Å²) in [6, 6.07) is 6.06. The second-order valence-corrected chi connectivity index (χ2v) is 4.43. The van der Waals surface area contributed by atoms with E-state index in [4.69, 9.17) is 0 Å². The Morgan fingerprint density at radius 3 is 2.38 bits per heavy atom. The summed E-state index contributed by atoms with van der Waals surface area (Å²) in [5.41, 5.74) is 3.26. The summed E-state index contributed by atoms with van der Waals surface area (Å²) in [6.07, 6.45) is 0. The molecule has 1 aromatic rings. The quantitative estimate of drug-likeness (QED) is 0.815. The number of amides is 2. The van der Waals surface area contributed by atoms with Crippen molar-refractivity contribution < 1.29 is 4.79 Å². The molecule has 0 saturated heterocycles. The molecule has 0 aliphatic rings. The van der Waals surface area contributed by atoms with E-state index in [-0.39, 0.29) is 12.1 Å². The van der Waals surface area contributed by atoms with Crippen molar-refractivity contribution in [3.63, 3.8) is 0 Å². The van der Waals surface area contributed by atoms with E-state index in [1.807, 2.05) is 39.0 Å². The fourth-order valence-corrected chi connectivity index (χ4v) is 1.27. The van der Waals surface area contributed by atoms with Gasteiger partial charge in [-0.15, -0.1) is 0 Å². The lowest BCUT2D eigenvalue weighted by atomic mass is 10.1. The zero-order valence-corrected chi connectivity index (χ0v) is 10.7. The Morgan fingerprint density at radius 1 is 1.25 bits per heavy atom. The molecule has 3 nitrogen and oxygen atoms in total. The third-order valence-corrected chi connectivity index (χ3v) is 2.85. The molecule has 1 rings (SSSR count). The lowest BCUT2D eigenvalue weighted by Crippen LogP contribution is -2.36.